The number of hydrogen-bond acceptors (Lipinski definition) is 14. The van der Waals surface area contributed by atoms with Crippen LogP contribution in [0.2, 0.25) is 0 Å². The zero-order valence-corrected chi connectivity index (χ0v) is 14.5. The summed E-state index contributed by atoms with van der Waals surface area (Å²) in [4.78, 5) is 20.0. The van der Waals surface area contributed by atoms with Gasteiger partial charge in [-0.05, 0) is 0 Å². The molecule has 10 N–H and O–H groups in total. The van der Waals surface area contributed by atoms with Gasteiger partial charge in [-0.1, -0.05) is 0 Å². The fourth-order valence-electron chi connectivity index (χ4n) is 1.32. The third-order valence-electron chi connectivity index (χ3n) is 2.99. The van der Waals surface area contributed by atoms with Crippen LogP contribution in [-0.2, 0) is 26.4 Å². The molecule has 14 nitrogen and oxygen atoms in total. The Kier molecular flexibility index (Phi) is 17.1. The first-order valence-electron chi connectivity index (χ1n) is 6.91. The summed E-state index contributed by atoms with van der Waals surface area (Å²) in [5.41, 5.74) is 0. The molecule has 0 aromatic rings. The number of aliphatic hydroxyl groups is 10. The van der Waals surface area contributed by atoms with Gasteiger partial charge in [0.2, 0.25) is 0 Å². The molecule has 0 fully saturated rings. The Morgan fingerprint density at radius 1 is 0.593 bits per heavy atom. The van der Waals surface area contributed by atoms with Crippen molar-refractivity contribution in [2.24, 2.45) is 0 Å². The van der Waals surface area contributed by atoms with Gasteiger partial charge in [0.15, 0.2) is 0 Å². The van der Waals surface area contributed by atoms with Crippen LogP contribution >= 0.6 is 0 Å². The second-order valence-corrected chi connectivity index (χ2v) is 4.99. The SMILES string of the molecule is O=C([O-])C(O)C(O)C(O)C(O)CO.O=C([O-])C(O)C(O)C(O)C(O)CO.[Co+2]. The van der Waals surface area contributed by atoms with Crippen LogP contribution in [0.4, 0.5) is 0 Å². The number of aliphatic hydroxyl groups excluding tert-OH is 10. The molecule has 0 saturated carbocycles. The fraction of sp³-hybridized carbons (Fsp3) is 0.833. The van der Waals surface area contributed by atoms with Crippen molar-refractivity contribution in [3.8, 4) is 0 Å². The molecule has 163 valence electrons. The molecule has 0 saturated heterocycles. The minimum absolute atomic E-state index is 0. The Morgan fingerprint density at radius 3 is 0.963 bits per heavy atom. The Labute approximate surface area is 162 Å². The molecule has 27 heavy (non-hydrogen) atoms. The number of hydrogen-bond donors (Lipinski definition) is 10. The maximum atomic E-state index is 9.98. The minimum Gasteiger partial charge on any atom is -0.547 e. The first kappa shape index (κ1) is 30.8. The molecule has 8 atom stereocenters. The van der Waals surface area contributed by atoms with Crippen molar-refractivity contribution >= 4 is 11.9 Å². The van der Waals surface area contributed by atoms with Gasteiger partial charge >= 0.3 is 16.8 Å². The van der Waals surface area contributed by atoms with Crippen molar-refractivity contribution in [2.75, 3.05) is 13.2 Å². The molecular formula is C12H22CoO14. The molecule has 1 radical (unpaired) electrons. The normalized spacial score (nSPS) is 19.6. The molecule has 0 rings (SSSR count). The van der Waals surface area contributed by atoms with Gasteiger partial charge in [0.05, 0.1) is 25.2 Å². The standard InChI is InChI=1S/2C6H12O7.Co/c2*7-1-2(8)3(9)4(10)5(11)6(12)13;/h2*2-5,7-11H,1H2,(H,12,13);/q;;+2/p-2. The summed E-state index contributed by atoms with van der Waals surface area (Å²) in [6.45, 7) is -1.73. The first-order valence-corrected chi connectivity index (χ1v) is 6.91. The number of aliphatic carboxylic acids is 2. The van der Waals surface area contributed by atoms with Gasteiger partial charge in [0.25, 0.3) is 0 Å². The summed E-state index contributed by atoms with van der Waals surface area (Å²) < 4.78 is 0. The zero-order chi connectivity index (χ0) is 21.2. The molecule has 0 bridgehead atoms. The van der Waals surface area contributed by atoms with E-state index in [1.165, 1.54) is 0 Å². The second kappa shape index (κ2) is 15.0. The molecule has 0 aliphatic heterocycles. The molecule has 0 amide bonds. The third kappa shape index (κ3) is 10.8. The van der Waals surface area contributed by atoms with E-state index in [0.29, 0.717) is 0 Å². The van der Waals surface area contributed by atoms with Gasteiger partial charge in [-0.2, -0.15) is 0 Å². The van der Waals surface area contributed by atoms with E-state index in [2.05, 4.69) is 0 Å². The number of carboxylic acids is 2. The summed E-state index contributed by atoms with van der Waals surface area (Å²) in [5, 5.41) is 107. The summed E-state index contributed by atoms with van der Waals surface area (Å²) in [6.07, 6.45) is -16.2. The summed E-state index contributed by atoms with van der Waals surface area (Å²) in [6, 6.07) is 0. The van der Waals surface area contributed by atoms with Crippen molar-refractivity contribution in [3.05, 3.63) is 0 Å². The van der Waals surface area contributed by atoms with E-state index in [1.54, 1.807) is 0 Å². The van der Waals surface area contributed by atoms with Crippen molar-refractivity contribution in [1.82, 2.24) is 0 Å². The zero-order valence-electron chi connectivity index (χ0n) is 13.5. The average Bonchev–Trinajstić information content (AvgIpc) is 2.62. The van der Waals surface area contributed by atoms with Crippen LogP contribution in [0.1, 0.15) is 0 Å². The number of carbonyl (C=O) groups excluding carboxylic acids is 2. The van der Waals surface area contributed by atoms with Gasteiger partial charge < -0.3 is 70.9 Å². The Balaban J connectivity index is -0.000000411. The predicted octanol–water partition coefficient (Wildman–Crippen LogP) is -9.66. The molecule has 15 heteroatoms. The minimum atomic E-state index is -2.31. The molecule has 0 heterocycles. The van der Waals surface area contributed by atoms with Crippen molar-refractivity contribution in [2.45, 2.75) is 48.8 Å². The monoisotopic (exact) mass is 449 g/mol. The number of rotatable bonds is 10. The van der Waals surface area contributed by atoms with E-state index >= 15 is 0 Å². The Bertz CT molecular complexity index is 385. The molecular weight excluding hydrogens is 427 g/mol. The van der Waals surface area contributed by atoms with E-state index in [9.17, 15) is 19.8 Å². The maximum absolute atomic E-state index is 9.98. The Hall–Kier alpha value is -0.954. The van der Waals surface area contributed by atoms with Gasteiger partial charge in [0.1, 0.15) is 48.8 Å². The number of carbonyl (C=O) groups is 2. The van der Waals surface area contributed by atoms with Crippen LogP contribution in [0.5, 0.6) is 0 Å². The van der Waals surface area contributed by atoms with Crippen molar-refractivity contribution < 1.29 is 87.6 Å². The molecule has 8 unspecified atom stereocenters. The largest absolute Gasteiger partial charge is 2.00 e. The molecule has 0 aliphatic carbocycles. The summed E-state index contributed by atoms with van der Waals surface area (Å²) in [5.74, 6) is -3.95. The van der Waals surface area contributed by atoms with E-state index in [1.807, 2.05) is 0 Å². The van der Waals surface area contributed by atoms with Crippen molar-refractivity contribution in [1.29, 1.82) is 0 Å². The van der Waals surface area contributed by atoms with Crippen LogP contribution in [0.3, 0.4) is 0 Å². The van der Waals surface area contributed by atoms with Gasteiger partial charge in [-0.25, -0.2) is 0 Å². The topological polar surface area (TPSA) is 283 Å². The van der Waals surface area contributed by atoms with Crippen LogP contribution < -0.4 is 10.2 Å². The molecule has 0 aromatic carbocycles. The van der Waals surface area contributed by atoms with E-state index in [-0.39, 0.29) is 16.8 Å². The van der Waals surface area contributed by atoms with Crippen LogP contribution in [0, 0.1) is 0 Å². The molecule has 0 aliphatic rings. The van der Waals surface area contributed by atoms with E-state index < -0.39 is 74.0 Å². The molecule has 0 spiro atoms. The quantitative estimate of drug-likeness (QED) is 0.148. The average molecular weight is 449 g/mol. The Morgan fingerprint density at radius 2 is 0.815 bits per heavy atom. The smallest absolute Gasteiger partial charge is 0.547 e. The summed E-state index contributed by atoms with van der Waals surface area (Å²) >= 11 is 0. The first-order chi connectivity index (χ1) is 11.8. The second-order valence-electron chi connectivity index (χ2n) is 4.99. The van der Waals surface area contributed by atoms with E-state index in [0.717, 1.165) is 0 Å². The predicted molar refractivity (Wildman–Crippen MR) is 72.2 cm³/mol. The van der Waals surface area contributed by atoms with Crippen molar-refractivity contribution in [3.63, 3.8) is 0 Å². The van der Waals surface area contributed by atoms with Gasteiger partial charge in [-0.15, -0.1) is 0 Å². The van der Waals surface area contributed by atoms with Gasteiger partial charge in [-0.3, -0.25) is 0 Å². The third-order valence-corrected chi connectivity index (χ3v) is 2.99. The maximum Gasteiger partial charge on any atom is 2.00 e. The van der Waals surface area contributed by atoms with Crippen LogP contribution in [-0.4, -0.2) is 125 Å². The fourth-order valence-corrected chi connectivity index (χ4v) is 1.32. The van der Waals surface area contributed by atoms with E-state index in [4.69, 9.17) is 51.1 Å². The van der Waals surface area contributed by atoms with Crippen LogP contribution in [0.15, 0.2) is 0 Å². The van der Waals surface area contributed by atoms with Gasteiger partial charge in [0, 0.05) is 0 Å². The van der Waals surface area contributed by atoms with Crippen LogP contribution in [0.25, 0.3) is 0 Å². The number of carboxylic acid groups (broad SMARTS) is 2. The summed E-state index contributed by atoms with van der Waals surface area (Å²) in [7, 11) is 0. The molecule has 0 aromatic heterocycles.